The zero-order chi connectivity index (χ0) is 24.6. The Morgan fingerprint density at radius 1 is 1.03 bits per heavy atom. The fourth-order valence-corrected chi connectivity index (χ4v) is 5.10. The summed E-state index contributed by atoms with van der Waals surface area (Å²) in [5, 5.41) is 0.690. The summed E-state index contributed by atoms with van der Waals surface area (Å²) in [5.41, 5.74) is 4.69. The molecule has 2 aromatic carbocycles. The molecule has 3 aromatic rings. The van der Waals surface area contributed by atoms with Crippen molar-refractivity contribution in [2.24, 2.45) is 0 Å². The second-order valence-electron chi connectivity index (χ2n) is 9.09. The molecular weight excluding hydrogens is 460 g/mol. The third kappa shape index (κ3) is 3.98. The van der Waals surface area contributed by atoms with Crippen LogP contribution in [0.4, 0.5) is 0 Å². The van der Waals surface area contributed by atoms with Gasteiger partial charge < -0.3 is 14.2 Å². The van der Waals surface area contributed by atoms with E-state index < -0.39 is 18.5 Å². The lowest BCUT2D eigenvalue weighted by atomic mass is 9.86. The van der Waals surface area contributed by atoms with Crippen LogP contribution in [0.5, 0.6) is 11.5 Å². The van der Waals surface area contributed by atoms with Gasteiger partial charge in [0.15, 0.2) is 18.1 Å². The molecule has 0 N–H and O–H groups in total. The maximum absolute atomic E-state index is 13.4. The highest BCUT2D eigenvalue weighted by atomic mass is 16.7. The summed E-state index contributed by atoms with van der Waals surface area (Å²) in [4.78, 5) is 43.8. The Morgan fingerprint density at radius 3 is 2.75 bits per heavy atom. The van der Waals surface area contributed by atoms with Crippen LogP contribution in [0.15, 0.2) is 42.5 Å². The summed E-state index contributed by atoms with van der Waals surface area (Å²) in [6.07, 6.45) is 5.40. The van der Waals surface area contributed by atoms with E-state index in [0.717, 1.165) is 41.0 Å². The van der Waals surface area contributed by atoms with E-state index in [0.29, 0.717) is 48.0 Å². The molecule has 3 aliphatic rings. The molecule has 1 fully saturated rings. The molecule has 2 aliphatic heterocycles. The summed E-state index contributed by atoms with van der Waals surface area (Å²) >= 11 is 0. The molecule has 6 rings (SSSR count). The van der Waals surface area contributed by atoms with Crippen molar-refractivity contribution in [1.29, 1.82) is 0 Å². The topological polar surface area (TPSA) is 95.0 Å². The van der Waals surface area contributed by atoms with Crippen LogP contribution in [0.25, 0.3) is 22.6 Å². The molecule has 8 nitrogen and oxygen atoms in total. The number of carbonyl (C=O) groups is 3. The third-order valence-electron chi connectivity index (χ3n) is 6.81. The number of esters is 1. The molecule has 0 bridgehead atoms. The Hall–Kier alpha value is -4.20. The van der Waals surface area contributed by atoms with Crippen molar-refractivity contribution < 1.29 is 28.6 Å². The summed E-state index contributed by atoms with van der Waals surface area (Å²) in [7, 11) is 0. The van der Waals surface area contributed by atoms with Crippen LogP contribution in [0.1, 0.15) is 52.9 Å². The lowest BCUT2D eigenvalue weighted by Crippen LogP contribution is -2.35. The van der Waals surface area contributed by atoms with Crippen LogP contribution in [0, 0.1) is 0 Å². The van der Waals surface area contributed by atoms with E-state index in [4.69, 9.17) is 19.2 Å². The lowest BCUT2D eigenvalue weighted by Gasteiger charge is -2.22. The zero-order valence-electron chi connectivity index (χ0n) is 19.6. The minimum Gasteiger partial charge on any atom is -0.454 e. The second kappa shape index (κ2) is 9.11. The number of aromatic nitrogens is 1. The van der Waals surface area contributed by atoms with Crippen molar-refractivity contribution in [3.8, 4) is 11.5 Å². The first kappa shape index (κ1) is 22.3. The summed E-state index contributed by atoms with van der Waals surface area (Å²) in [5.74, 6) is 0.148. The van der Waals surface area contributed by atoms with Crippen LogP contribution in [0.3, 0.4) is 0 Å². The SMILES string of the molecule is O=C(OCC(=O)N1CCCC1=O)c1c2c(nc3ccccc13)/C(=C/c1ccc3c(c1)OCO3)CCC2. The molecule has 0 radical (unpaired) electrons. The van der Waals surface area contributed by atoms with Gasteiger partial charge in [0, 0.05) is 18.4 Å². The number of benzene rings is 2. The number of nitrogens with zero attached hydrogens (tertiary/aromatic N) is 2. The van der Waals surface area contributed by atoms with Gasteiger partial charge in [0.05, 0.1) is 16.8 Å². The molecule has 0 spiro atoms. The smallest absolute Gasteiger partial charge is 0.339 e. The van der Waals surface area contributed by atoms with Gasteiger partial charge in [-0.05, 0) is 66.7 Å². The largest absolute Gasteiger partial charge is 0.454 e. The van der Waals surface area contributed by atoms with E-state index in [2.05, 4.69) is 6.08 Å². The van der Waals surface area contributed by atoms with Gasteiger partial charge in [-0.15, -0.1) is 0 Å². The molecule has 36 heavy (non-hydrogen) atoms. The number of hydrogen-bond donors (Lipinski definition) is 0. The molecule has 1 aliphatic carbocycles. The van der Waals surface area contributed by atoms with Gasteiger partial charge in [-0.25, -0.2) is 9.78 Å². The number of allylic oxidation sites excluding steroid dienone is 1. The number of ether oxygens (including phenoxy) is 3. The Labute approximate surface area is 207 Å². The molecule has 2 amide bonds. The van der Waals surface area contributed by atoms with Crippen LogP contribution >= 0.6 is 0 Å². The van der Waals surface area contributed by atoms with E-state index >= 15 is 0 Å². The number of fused-ring (bicyclic) bond motifs is 3. The highest BCUT2D eigenvalue weighted by Gasteiger charge is 2.29. The molecular formula is C28H24N2O6. The molecule has 1 aromatic heterocycles. The number of rotatable bonds is 4. The van der Waals surface area contributed by atoms with E-state index in [9.17, 15) is 14.4 Å². The molecule has 182 valence electrons. The van der Waals surface area contributed by atoms with Crippen molar-refractivity contribution in [2.75, 3.05) is 19.9 Å². The van der Waals surface area contributed by atoms with Crippen molar-refractivity contribution >= 4 is 40.3 Å². The average Bonchev–Trinajstić information content (AvgIpc) is 3.54. The van der Waals surface area contributed by atoms with Crippen LogP contribution < -0.4 is 9.47 Å². The predicted molar refractivity (Wildman–Crippen MR) is 131 cm³/mol. The Balaban J connectivity index is 1.36. The standard InChI is InChI=1S/C28H24N2O6/c31-24-9-4-12-30(24)25(32)15-34-28(33)26-19-6-1-2-8-21(19)29-27-18(5-3-7-20(26)27)13-17-10-11-22-23(14-17)36-16-35-22/h1-2,6,8,10-11,13-14H,3-5,7,9,12,15-16H2/b18-13+. The highest BCUT2D eigenvalue weighted by molar-refractivity contribution is 6.07. The third-order valence-corrected chi connectivity index (χ3v) is 6.81. The zero-order valence-corrected chi connectivity index (χ0v) is 19.6. The maximum Gasteiger partial charge on any atom is 0.339 e. The quantitative estimate of drug-likeness (QED) is 0.514. The number of para-hydroxylation sites is 1. The van der Waals surface area contributed by atoms with Crippen LogP contribution in [-0.2, 0) is 20.7 Å². The Bertz CT molecular complexity index is 1440. The average molecular weight is 485 g/mol. The van der Waals surface area contributed by atoms with E-state index in [1.807, 2.05) is 42.5 Å². The number of pyridine rings is 1. The van der Waals surface area contributed by atoms with Gasteiger partial charge in [0.1, 0.15) is 0 Å². The monoisotopic (exact) mass is 484 g/mol. The number of hydrogen-bond acceptors (Lipinski definition) is 7. The van der Waals surface area contributed by atoms with Gasteiger partial charge in [-0.2, -0.15) is 0 Å². The van der Waals surface area contributed by atoms with E-state index in [-0.39, 0.29) is 12.7 Å². The van der Waals surface area contributed by atoms with Crippen molar-refractivity contribution in [1.82, 2.24) is 9.88 Å². The van der Waals surface area contributed by atoms with Gasteiger partial charge >= 0.3 is 5.97 Å². The first-order valence-corrected chi connectivity index (χ1v) is 12.1. The molecule has 8 heteroatoms. The summed E-state index contributed by atoms with van der Waals surface area (Å²) in [6, 6.07) is 13.2. The first-order chi connectivity index (χ1) is 17.6. The minimum atomic E-state index is -0.575. The fraction of sp³-hybridized carbons (Fsp3) is 0.286. The van der Waals surface area contributed by atoms with Gasteiger partial charge in [-0.3, -0.25) is 14.5 Å². The molecule has 3 heterocycles. The lowest BCUT2D eigenvalue weighted by molar-refractivity contribution is -0.143. The minimum absolute atomic E-state index is 0.214. The number of likely N-dealkylation sites (tertiary alicyclic amines) is 1. The highest BCUT2D eigenvalue weighted by Crippen LogP contribution is 2.38. The van der Waals surface area contributed by atoms with Crippen molar-refractivity contribution in [2.45, 2.75) is 32.1 Å². The molecule has 0 unspecified atom stereocenters. The normalized spacial score (nSPS) is 17.5. The summed E-state index contributed by atoms with van der Waals surface area (Å²) in [6.45, 7) is 0.123. The molecule has 1 saturated heterocycles. The molecule has 0 saturated carbocycles. The van der Waals surface area contributed by atoms with E-state index in [1.54, 1.807) is 0 Å². The molecule has 0 atom stereocenters. The first-order valence-electron chi connectivity index (χ1n) is 12.1. The maximum atomic E-state index is 13.4. The van der Waals surface area contributed by atoms with Crippen LogP contribution in [0.2, 0.25) is 0 Å². The Morgan fingerprint density at radius 2 is 1.89 bits per heavy atom. The van der Waals surface area contributed by atoms with Gasteiger partial charge in [-0.1, -0.05) is 24.3 Å². The van der Waals surface area contributed by atoms with Crippen molar-refractivity contribution in [3.05, 3.63) is 64.8 Å². The van der Waals surface area contributed by atoms with Gasteiger partial charge in [0.25, 0.3) is 5.91 Å². The number of carbonyl (C=O) groups excluding carboxylic acids is 3. The van der Waals surface area contributed by atoms with Crippen LogP contribution in [-0.4, -0.2) is 47.6 Å². The van der Waals surface area contributed by atoms with E-state index in [1.165, 1.54) is 4.90 Å². The van der Waals surface area contributed by atoms with Gasteiger partial charge in [0.2, 0.25) is 12.7 Å². The summed E-state index contributed by atoms with van der Waals surface area (Å²) < 4.78 is 16.4. The number of imide groups is 1. The number of amides is 2. The fourth-order valence-electron chi connectivity index (χ4n) is 5.10. The van der Waals surface area contributed by atoms with Crippen molar-refractivity contribution in [3.63, 3.8) is 0 Å². The predicted octanol–water partition coefficient (Wildman–Crippen LogP) is 4.15. The second-order valence-corrected chi connectivity index (χ2v) is 9.09. The Kier molecular flexibility index (Phi) is 5.64.